The predicted octanol–water partition coefficient (Wildman–Crippen LogP) is 1.62. The van der Waals surface area contributed by atoms with Gasteiger partial charge in [-0.05, 0) is 24.1 Å². The molecule has 6 nitrogen and oxygen atoms in total. The molecule has 0 saturated heterocycles. The Hall–Kier alpha value is -2.50. The van der Waals surface area contributed by atoms with Gasteiger partial charge in [-0.3, -0.25) is 14.7 Å². The molecule has 0 unspecified atom stereocenters. The minimum absolute atomic E-state index is 0.00914. The van der Waals surface area contributed by atoms with Crippen molar-refractivity contribution in [3.05, 3.63) is 51.4 Å². The second-order valence-electron chi connectivity index (χ2n) is 5.78. The van der Waals surface area contributed by atoms with Gasteiger partial charge in [0, 0.05) is 18.7 Å². The van der Waals surface area contributed by atoms with Crippen molar-refractivity contribution in [3.8, 4) is 5.75 Å². The molecule has 0 aliphatic carbocycles. The van der Waals surface area contributed by atoms with Gasteiger partial charge in [0.05, 0.1) is 12.1 Å². The van der Waals surface area contributed by atoms with Gasteiger partial charge in [0.15, 0.2) is 6.61 Å². The van der Waals surface area contributed by atoms with Crippen LogP contribution in [0.1, 0.15) is 30.2 Å². The summed E-state index contributed by atoms with van der Waals surface area (Å²) in [5.41, 5.74) is 2.66. The molecule has 0 atom stereocenters. The van der Waals surface area contributed by atoms with Crippen LogP contribution in [0.2, 0.25) is 0 Å². The summed E-state index contributed by atoms with van der Waals surface area (Å²) in [6.07, 6.45) is 2.81. The molecule has 6 heteroatoms. The number of aromatic amines is 2. The van der Waals surface area contributed by atoms with Gasteiger partial charge < -0.3 is 14.7 Å². The number of amides is 1. The van der Waals surface area contributed by atoms with E-state index in [1.54, 1.807) is 4.90 Å². The number of aryl methyl sites for hydroxylation is 1. The lowest BCUT2D eigenvalue weighted by Crippen LogP contribution is -2.40. The summed E-state index contributed by atoms with van der Waals surface area (Å²) in [6.45, 7) is 3.07. The number of hydrogen-bond acceptors (Lipinski definition) is 3. The lowest BCUT2D eigenvalue weighted by atomic mass is 10.1. The van der Waals surface area contributed by atoms with Gasteiger partial charge in [-0.1, -0.05) is 25.5 Å². The quantitative estimate of drug-likeness (QED) is 0.880. The fourth-order valence-corrected chi connectivity index (χ4v) is 2.81. The smallest absolute Gasteiger partial charge is 0.269 e. The van der Waals surface area contributed by atoms with Gasteiger partial charge in [-0.25, -0.2) is 0 Å². The third-order valence-corrected chi connectivity index (χ3v) is 4.12. The van der Waals surface area contributed by atoms with E-state index in [1.807, 2.05) is 24.3 Å². The Labute approximate surface area is 134 Å². The van der Waals surface area contributed by atoms with Crippen molar-refractivity contribution in [1.82, 2.24) is 15.1 Å². The van der Waals surface area contributed by atoms with Crippen molar-refractivity contribution < 1.29 is 9.53 Å². The minimum Gasteiger partial charge on any atom is -0.484 e. The van der Waals surface area contributed by atoms with E-state index >= 15 is 0 Å². The van der Waals surface area contributed by atoms with Crippen LogP contribution in [0.5, 0.6) is 5.75 Å². The Morgan fingerprint density at radius 3 is 2.78 bits per heavy atom. The molecule has 1 aromatic heterocycles. The Balaban J connectivity index is 1.55. The van der Waals surface area contributed by atoms with Crippen molar-refractivity contribution >= 4 is 5.91 Å². The van der Waals surface area contributed by atoms with Crippen molar-refractivity contribution in [3.63, 3.8) is 0 Å². The number of carbonyl (C=O) groups is 1. The monoisotopic (exact) mass is 315 g/mol. The van der Waals surface area contributed by atoms with Crippen molar-refractivity contribution in [1.29, 1.82) is 0 Å². The van der Waals surface area contributed by atoms with E-state index in [1.165, 1.54) is 5.56 Å². The van der Waals surface area contributed by atoms with Crippen LogP contribution in [0.25, 0.3) is 0 Å². The highest BCUT2D eigenvalue weighted by Crippen LogP contribution is 2.15. The molecule has 2 aromatic rings. The van der Waals surface area contributed by atoms with Crippen LogP contribution in [-0.4, -0.2) is 34.2 Å². The molecular formula is C17H21N3O3. The Morgan fingerprint density at radius 1 is 1.26 bits per heavy atom. The van der Waals surface area contributed by atoms with Crippen LogP contribution in [-0.2, 0) is 24.2 Å². The molecule has 0 radical (unpaired) electrons. The molecular weight excluding hydrogens is 294 g/mol. The van der Waals surface area contributed by atoms with Gasteiger partial charge in [-0.2, -0.15) is 0 Å². The van der Waals surface area contributed by atoms with E-state index in [2.05, 4.69) is 17.1 Å². The lowest BCUT2D eigenvalue weighted by Gasteiger charge is -2.26. The Kier molecular flexibility index (Phi) is 4.50. The first-order valence-corrected chi connectivity index (χ1v) is 7.95. The number of nitrogens with one attached hydrogen (secondary N) is 2. The zero-order valence-corrected chi connectivity index (χ0v) is 13.2. The molecule has 1 amide bonds. The zero-order valence-electron chi connectivity index (χ0n) is 13.2. The van der Waals surface area contributed by atoms with Gasteiger partial charge in [0.25, 0.3) is 11.5 Å². The molecule has 2 heterocycles. The summed E-state index contributed by atoms with van der Waals surface area (Å²) < 4.78 is 5.57. The molecule has 1 aromatic carbocycles. The van der Waals surface area contributed by atoms with E-state index in [0.717, 1.165) is 18.5 Å². The summed E-state index contributed by atoms with van der Waals surface area (Å²) in [5, 5.41) is 5.41. The number of carbonyl (C=O) groups excluding carboxylic acids is 1. The number of ether oxygens (including phenoxy) is 1. The molecule has 3 rings (SSSR count). The second-order valence-corrected chi connectivity index (χ2v) is 5.78. The van der Waals surface area contributed by atoms with Gasteiger partial charge in [0.2, 0.25) is 0 Å². The van der Waals surface area contributed by atoms with Crippen LogP contribution in [0.3, 0.4) is 0 Å². The Morgan fingerprint density at radius 2 is 2.04 bits per heavy atom. The van der Waals surface area contributed by atoms with Crippen molar-refractivity contribution in [2.75, 3.05) is 13.2 Å². The number of H-pyrrole nitrogens is 2. The topological polar surface area (TPSA) is 78.2 Å². The highest BCUT2D eigenvalue weighted by Gasteiger charge is 2.24. The maximum Gasteiger partial charge on any atom is 0.269 e. The molecule has 1 aliphatic heterocycles. The first kappa shape index (κ1) is 15.4. The number of fused-ring (bicyclic) bond motifs is 1. The minimum atomic E-state index is -0.148. The Bertz CT molecular complexity index is 730. The lowest BCUT2D eigenvalue weighted by molar-refractivity contribution is -0.134. The molecule has 0 bridgehead atoms. The third kappa shape index (κ3) is 3.47. The summed E-state index contributed by atoms with van der Waals surface area (Å²) in [4.78, 5) is 25.6. The zero-order chi connectivity index (χ0) is 16.2. The molecule has 0 spiro atoms. The fraction of sp³-hybridized carbons (Fsp3) is 0.412. The average Bonchev–Trinajstić information content (AvgIpc) is 2.95. The molecule has 2 N–H and O–H groups in total. The molecule has 0 fully saturated rings. The third-order valence-electron chi connectivity index (χ3n) is 4.12. The maximum absolute atomic E-state index is 12.3. The largest absolute Gasteiger partial charge is 0.484 e. The van der Waals surface area contributed by atoms with Crippen molar-refractivity contribution in [2.45, 2.75) is 32.7 Å². The highest BCUT2D eigenvalue weighted by molar-refractivity contribution is 5.78. The summed E-state index contributed by atoms with van der Waals surface area (Å²) >= 11 is 0. The molecule has 0 saturated carbocycles. The van der Waals surface area contributed by atoms with Crippen LogP contribution in [0, 0.1) is 0 Å². The number of rotatable bonds is 5. The first-order valence-electron chi connectivity index (χ1n) is 7.95. The van der Waals surface area contributed by atoms with Gasteiger partial charge >= 0.3 is 0 Å². The van der Waals surface area contributed by atoms with E-state index in [-0.39, 0.29) is 18.1 Å². The predicted molar refractivity (Wildman–Crippen MR) is 86.5 cm³/mol. The van der Waals surface area contributed by atoms with Crippen LogP contribution in [0.4, 0.5) is 0 Å². The number of benzene rings is 1. The van der Waals surface area contributed by atoms with E-state index in [9.17, 15) is 9.59 Å². The number of nitrogens with zero attached hydrogens (tertiary/aromatic N) is 1. The number of hydrogen-bond donors (Lipinski definition) is 2. The van der Waals surface area contributed by atoms with Crippen LogP contribution >= 0.6 is 0 Å². The summed E-state index contributed by atoms with van der Waals surface area (Å²) in [5.74, 6) is 0.587. The molecule has 1 aliphatic rings. The van der Waals surface area contributed by atoms with E-state index < -0.39 is 0 Å². The van der Waals surface area contributed by atoms with Crippen molar-refractivity contribution in [2.24, 2.45) is 0 Å². The van der Waals surface area contributed by atoms with E-state index in [0.29, 0.717) is 30.8 Å². The highest BCUT2D eigenvalue weighted by atomic mass is 16.5. The maximum atomic E-state index is 12.3. The molecule has 23 heavy (non-hydrogen) atoms. The summed E-state index contributed by atoms with van der Waals surface area (Å²) in [6, 6.07) is 7.83. The van der Waals surface area contributed by atoms with Crippen LogP contribution in [0.15, 0.2) is 29.1 Å². The van der Waals surface area contributed by atoms with Crippen LogP contribution < -0.4 is 10.3 Å². The SMILES string of the molecule is CCCc1ccc(OCC(=O)N2CCc3[nH][nH]c(=O)c3C2)cc1. The standard InChI is InChI=1S/C17H21N3O3/c1-2-3-12-4-6-13(7-5-12)23-11-16(21)20-9-8-15-14(10-20)17(22)19-18-15/h4-7H,2-3,8-11H2,1H3,(H2,18,19,22). The van der Waals surface area contributed by atoms with Gasteiger partial charge in [-0.15, -0.1) is 0 Å². The second kappa shape index (κ2) is 6.73. The van der Waals surface area contributed by atoms with Gasteiger partial charge in [0.1, 0.15) is 5.75 Å². The molecule has 122 valence electrons. The normalized spacial score (nSPS) is 13.7. The fourth-order valence-electron chi connectivity index (χ4n) is 2.81. The number of aromatic nitrogens is 2. The summed E-state index contributed by atoms with van der Waals surface area (Å²) in [7, 11) is 0. The van der Waals surface area contributed by atoms with E-state index in [4.69, 9.17) is 4.74 Å². The first-order chi connectivity index (χ1) is 11.2. The average molecular weight is 315 g/mol.